The number of benzene rings is 1. The van der Waals surface area contributed by atoms with E-state index in [2.05, 4.69) is 21.0 Å². The number of hydrogen-bond acceptors (Lipinski definition) is 2. The van der Waals surface area contributed by atoms with Gasteiger partial charge in [0.15, 0.2) is 0 Å². The highest BCUT2D eigenvalue weighted by atomic mass is 79.9. The molecule has 2 rings (SSSR count). The fraction of sp³-hybridized carbons (Fsp3) is 0.231. The van der Waals surface area contributed by atoms with Crippen LogP contribution in [0.5, 0.6) is 0 Å². The average Bonchev–Trinajstić information content (AvgIpc) is 2.73. The first-order valence-corrected chi connectivity index (χ1v) is 6.74. The van der Waals surface area contributed by atoms with Crippen LogP contribution in [0.25, 0.3) is 0 Å². The maximum absolute atomic E-state index is 12.5. The van der Waals surface area contributed by atoms with Crippen molar-refractivity contribution in [3.05, 3.63) is 50.7 Å². The molecular formula is C13H12BrClN2O. The molecule has 0 bridgehead atoms. The topological polar surface area (TPSA) is 34.9 Å². The van der Waals surface area contributed by atoms with Crippen LogP contribution >= 0.6 is 27.5 Å². The minimum atomic E-state index is -0.0683. The lowest BCUT2D eigenvalue weighted by Crippen LogP contribution is -2.12. The van der Waals surface area contributed by atoms with Gasteiger partial charge in [-0.25, -0.2) is 0 Å². The summed E-state index contributed by atoms with van der Waals surface area (Å²) in [5, 5.41) is 4.75. The summed E-state index contributed by atoms with van der Waals surface area (Å²) in [6.07, 6.45) is 1.64. The Morgan fingerprint density at radius 3 is 2.89 bits per heavy atom. The van der Waals surface area contributed by atoms with Gasteiger partial charge in [0.1, 0.15) is 5.69 Å². The predicted octanol–water partition coefficient (Wildman–Crippen LogP) is 3.86. The number of carbonyl (C=O) groups is 1. The van der Waals surface area contributed by atoms with E-state index in [9.17, 15) is 4.79 Å². The molecule has 1 heterocycles. The minimum absolute atomic E-state index is 0.0683. The van der Waals surface area contributed by atoms with Crippen LogP contribution in [0.1, 0.15) is 28.5 Å². The first-order chi connectivity index (χ1) is 8.56. The van der Waals surface area contributed by atoms with Crippen molar-refractivity contribution in [1.82, 2.24) is 9.78 Å². The fourth-order valence-electron chi connectivity index (χ4n) is 1.81. The summed E-state index contributed by atoms with van der Waals surface area (Å²) < 4.78 is 2.38. The van der Waals surface area contributed by atoms with Crippen molar-refractivity contribution in [1.29, 1.82) is 0 Å². The summed E-state index contributed by atoms with van der Waals surface area (Å²) in [5.74, 6) is -0.0683. The monoisotopic (exact) mass is 326 g/mol. The maximum Gasteiger partial charge on any atom is 0.212 e. The van der Waals surface area contributed by atoms with Gasteiger partial charge in [-0.3, -0.25) is 9.48 Å². The van der Waals surface area contributed by atoms with Crippen molar-refractivity contribution in [3.63, 3.8) is 0 Å². The van der Waals surface area contributed by atoms with E-state index >= 15 is 0 Å². The van der Waals surface area contributed by atoms with Crippen molar-refractivity contribution in [3.8, 4) is 0 Å². The molecule has 2 aromatic rings. The van der Waals surface area contributed by atoms with Gasteiger partial charge in [0.05, 0.1) is 10.7 Å². The second kappa shape index (κ2) is 5.24. The number of aryl methyl sites for hydroxylation is 1. The van der Waals surface area contributed by atoms with Crippen LogP contribution in [0, 0.1) is 6.92 Å². The van der Waals surface area contributed by atoms with E-state index in [-0.39, 0.29) is 5.78 Å². The quantitative estimate of drug-likeness (QED) is 0.802. The lowest BCUT2D eigenvalue weighted by molar-refractivity contribution is 0.102. The molecule has 0 aliphatic rings. The highest BCUT2D eigenvalue weighted by Gasteiger charge is 2.20. The smallest absolute Gasteiger partial charge is 0.212 e. The zero-order valence-corrected chi connectivity index (χ0v) is 12.4. The van der Waals surface area contributed by atoms with Crippen molar-refractivity contribution in [2.75, 3.05) is 0 Å². The third-order valence-corrected chi connectivity index (χ3v) is 3.81. The number of aromatic nitrogens is 2. The molecule has 0 aliphatic carbocycles. The molecule has 1 aromatic heterocycles. The average molecular weight is 328 g/mol. The van der Waals surface area contributed by atoms with Crippen molar-refractivity contribution < 1.29 is 4.79 Å². The van der Waals surface area contributed by atoms with Crippen LogP contribution < -0.4 is 0 Å². The van der Waals surface area contributed by atoms with Gasteiger partial charge >= 0.3 is 0 Å². The summed E-state index contributed by atoms with van der Waals surface area (Å²) in [7, 11) is 0. The Labute approximate surface area is 119 Å². The molecule has 1 aromatic carbocycles. The molecule has 3 nitrogen and oxygen atoms in total. The number of hydrogen-bond donors (Lipinski definition) is 0. The molecule has 94 valence electrons. The van der Waals surface area contributed by atoms with Crippen molar-refractivity contribution >= 4 is 33.3 Å². The number of halogens is 2. The van der Waals surface area contributed by atoms with Gasteiger partial charge < -0.3 is 0 Å². The molecule has 0 spiro atoms. The van der Waals surface area contributed by atoms with E-state index in [0.29, 0.717) is 27.3 Å². The Morgan fingerprint density at radius 1 is 1.50 bits per heavy atom. The Morgan fingerprint density at radius 2 is 2.22 bits per heavy atom. The molecule has 18 heavy (non-hydrogen) atoms. The second-order valence-electron chi connectivity index (χ2n) is 3.90. The maximum atomic E-state index is 12.5. The van der Waals surface area contributed by atoms with E-state index in [0.717, 1.165) is 5.56 Å². The van der Waals surface area contributed by atoms with Gasteiger partial charge in [-0.15, -0.1) is 0 Å². The number of ketones is 1. The zero-order chi connectivity index (χ0) is 13.3. The lowest BCUT2D eigenvalue weighted by Gasteiger charge is -2.08. The van der Waals surface area contributed by atoms with Crippen LogP contribution in [0.3, 0.4) is 0 Å². The third kappa shape index (κ3) is 2.22. The van der Waals surface area contributed by atoms with Gasteiger partial charge in [0.25, 0.3) is 0 Å². The summed E-state index contributed by atoms with van der Waals surface area (Å²) >= 11 is 9.41. The van der Waals surface area contributed by atoms with Gasteiger partial charge in [-0.1, -0.05) is 23.7 Å². The molecular weight excluding hydrogens is 316 g/mol. The van der Waals surface area contributed by atoms with Crippen LogP contribution in [-0.2, 0) is 6.54 Å². The molecule has 0 atom stereocenters. The fourth-order valence-corrected chi connectivity index (χ4v) is 2.46. The van der Waals surface area contributed by atoms with Crippen LogP contribution in [0.4, 0.5) is 0 Å². The molecule has 0 saturated carbocycles. The van der Waals surface area contributed by atoms with E-state index in [1.54, 1.807) is 29.1 Å². The molecule has 0 amide bonds. The van der Waals surface area contributed by atoms with E-state index in [4.69, 9.17) is 11.6 Å². The Balaban J connectivity index is 2.55. The summed E-state index contributed by atoms with van der Waals surface area (Å²) in [5.41, 5.74) is 1.96. The Hall–Kier alpha value is -1.13. The first-order valence-electron chi connectivity index (χ1n) is 5.57. The third-order valence-electron chi connectivity index (χ3n) is 2.82. The van der Waals surface area contributed by atoms with Gasteiger partial charge in [0, 0.05) is 17.1 Å². The summed E-state index contributed by atoms with van der Waals surface area (Å²) in [4.78, 5) is 12.5. The molecule has 5 heteroatoms. The number of carbonyl (C=O) groups excluding carboxylic acids is 1. The molecule has 0 unspecified atom stereocenters. The largest absolute Gasteiger partial charge is 0.287 e. The zero-order valence-electron chi connectivity index (χ0n) is 10.1. The summed E-state index contributed by atoms with van der Waals surface area (Å²) in [6.45, 7) is 4.43. The molecule has 0 aliphatic heterocycles. The normalized spacial score (nSPS) is 10.7. The second-order valence-corrected chi connectivity index (χ2v) is 5.16. The highest BCUT2D eigenvalue weighted by molar-refractivity contribution is 9.10. The molecule has 0 saturated heterocycles. The van der Waals surface area contributed by atoms with Gasteiger partial charge in [-0.2, -0.15) is 5.10 Å². The SMILES string of the molecule is CCn1ncc(Br)c1C(=O)c1cccc(Cl)c1C. The summed E-state index contributed by atoms with van der Waals surface area (Å²) in [6, 6.07) is 5.34. The van der Waals surface area contributed by atoms with Gasteiger partial charge in [-0.05, 0) is 41.4 Å². The van der Waals surface area contributed by atoms with Crippen LogP contribution in [-0.4, -0.2) is 15.6 Å². The number of nitrogens with zero attached hydrogens (tertiary/aromatic N) is 2. The van der Waals surface area contributed by atoms with Gasteiger partial charge in [0.2, 0.25) is 5.78 Å². The molecule has 0 fully saturated rings. The van der Waals surface area contributed by atoms with Crippen LogP contribution in [0.15, 0.2) is 28.9 Å². The Kier molecular flexibility index (Phi) is 3.88. The van der Waals surface area contributed by atoms with Crippen molar-refractivity contribution in [2.45, 2.75) is 20.4 Å². The lowest BCUT2D eigenvalue weighted by atomic mass is 10.0. The highest BCUT2D eigenvalue weighted by Crippen LogP contribution is 2.24. The van der Waals surface area contributed by atoms with Crippen molar-refractivity contribution in [2.24, 2.45) is 0 Å². The molecule has 0 radical (unpaired) electrons. The van der Waals surface area contributed by atoms with E-state index in [1.165, 1.54) is 0 Å². The number of rotatable bonds is 3. The first kappa shape index (κ1) is 13.3. The minimum Gasteiger partial charge on any atom is -0.287 e. The Bertz CT molecular complexity index is 607. The standard InChI is InChI=1S/C13H12BrClN2O/c1-3-17-12(10(14)7-16-17)13(18)9-5-4-6-11(15)8(9)2/h4-7H,3H2,1-2H3. The van der Waals surface area contributed by atoms with Crippen LogP contribution in [0.2, 0.25) is 5.02 Å². The van der Waals surface area contributed by atoms with E-state index < -0.39 is 0 Å². The predicted molar refractivity (Wildman–Crippen MR) is 75.2 cm³/mol. The molecule has 0 N–H and O–H groups in total. The van der Waals surface area contributed by atoms with E-state index in [1.807, 2.05) is 13.8 Å².